The fraction of sp³-hybridized carbons (Fsp3) is 0.261. The number of nitrogens with zero attached hydrogens (tertiary/aromatic N) is 3. The number of anilines is 3. The largest absolute Gasteiger partial charge is 0.384 e. The second kappa shape index (κ2) is 11.2. The van der Waals surface area contributed by atoms with Crippen LogP contribution in [0.15, 0.2) is 58.9 Å². The monoisotopic (exact) mass is 497 g/mol. The number of rotatable bonds is 9. The first-order valence-electron chi connectivity index (χ1n) is 10.6. The van der Waals surface area contributed by atoms with E-state index >= 15 is 0 Å². The number of aromatic nitrogens is 2. The summed E-state index contributed by atoms with van der Waals surface area (Å²) in [7, 11) is 1.64. The molecular formula is C23H23N5O4S2. The molecule has 1 aromatic heterocycles. The number of nitrogens with one attached hydrogen (secondary N) is 2. The van der Waals surface area contributed by atoms with E-state index in [4.69, 9.17) is 4.74 Å². The van der Waals surface area contributed by atoms with Crippen LogP contribution in [0, 0.1) is 5.92 Å². The predicted molar refractivity (Wildman–Crippen MR) is 132 cm³/mol. The van der Waals surface area contributed by atoms with Crippen LogP contribution in [0.25, 0.3) is 0 Å². The zero-order chi connectivity index (χ0) is 23.9. The molecule has 1 atom stereocenters. The van der Waals surface area contributed by atoms with Gasteiger partial charge in [-0.3, -0.25) is 19.7 Å². The summed E-state index contributed by atoms with van der Waals surface area (Å²) in [6.07, 6.45) is 0.162. The van der Waals surface area contributed by atoms with Crippen LogP contribution in [-0.4, -0.2) is 53.9 Å². The standard InChI is InChI=1S/C23H23N5O4S2/c1-32-11-12-33-23-27-26-22(34-23)25-20(30)15-7-9-17(10-8-15)24-21(31)16-13-19(29)28(14-16)18-5-3-2-4-6-18/h2-10,16H,11-14H2,1H3,(H,24,31)(H,25,26,30). The lowest BCUT2D eigenvalue weighted by Gasteiger charge is -2.16. The van der Waals surface area contributed by atoms with Crippen LogP contribution in [-0.2, 0) is 14.3 Å². The Hall–Kier alpha value is -3.28. The van der Waals surface area contributed by atoms with Gasteiger partial charge in [0.1, 0.15) is 0 Å². The summed E-state index contributed by atoms with van der Waals surface area (Å²) < 4.78 is 5.76. The van der Waals surface area contributed by atoms with Gasteiger partial charge in [0, 0.05) is 42.8 Å². The molecule has 1 fully saturated rings. The lowest BCUT2D eigenvalue weighted by molar-refractivity contribution is -0.122. The highest BCUT2D eigenvalue weighted by Crippen LogP contribution is 2.27. The van der Waals surface area contributed by atoms with Crippen molar-refractivity contribution in [2.75, 3.05) is 41.5 Å². The van der Waals surface area contributed by atoms with E-state index < -0.39 is 5.92 Å². The molecule has 0 spiro atoms. The van der Waals surface area contributed by atoms with Crippen molar-refractivity contribution in [1.29, 1.82) is 0 Å². The summed E-state index contributed by atoms with van der Waals surface area (Å²) in [6.45, 7) is 0.944. The van der Waals surface area contributed by atoms with Crippen LogP contribution >= 0.6 is 23.1 Å². The minimum atomic E-state index is -0.441. The molecule has 1 unspecified atom stereocenters. The van der Waals surface area contributed by atoms with Gasteiger partial charge in [-0.2, -0.15) is 0 Å². The third kappa shape index (κ3) is 5.99. The van der Waals surface area contributed by atoms with E-state index in [1.807, 2.05) is 30.3 Å². The van der Waals surface area contributed by atoms with Gasteiger partial charge in [0.15, 0.2) is 4.34 Å². The lowest BCUT2D eigenvalue weighted by Crippen LogP contribution is -2.28. The molecule has 9 nitrogen and oxygen atoms in total. The second-order valence-electron chi connectivity index (χ2n) is 7.48. The second-order valence-corrected chi connectivity index (χ2v) is 9.80. The van der Waals surface area contributed by atoms with Gasteiger partial charge in [-0.15, -0.1) is 10.2 Å². The van der Waals surface area contributed by atoms with Crippen LogP contribution in [0.3, 0.4) is 0 Å². The van der Waals surface area contributed by atoms with Gasteiger partial charge in [-0.25, -0.2) is 0 Å². The highest BCUT2D eigenvalue weighted by atomic mass is 32.2. The Labute approximate surface area is 204 Å². The maximum absolute atomic E-state index is 12.7. The van der Waals surface area contributed by atoms with Crippen LogP contribution in [0.2, 0.25) is 0 Å². The van der Waals surface area contributed by atoms with Gasteiger partial charge in [-0.1, -0.05) is 41.3 Å². The lowest BCUT2D eigenvalue weighted by atomic mass is 10.1. The molecule has 0 aliphatic carbocycles. The van der Waals surface area contributed by atoms with E-state index in [0.29, 0.717) is 29.5 Å². The molecule has 0 bridgehead atoms. The maximum Gasteiger partial charge on any atom is 0.257 e. The van der Waals surface area contributed by atoms with Crippen LogP contribution in [0.4, 0.5) is 16.5 Å². The van der Waals surface area contributed by atoms with Crippen molar-refractivity contribution >= 4 is 57.3 Å². The number of hydrogen-bond acceptors (Lipinski definition) is 8. The summed E-state index contributed by atoms with van der Waals surface area (Å²) in [5.41, 5.74) is 1.77. The topological polar surface area (TPSA) is 114 Å². The molecule has 1 aliphatic heterocycles. The molecule has 0 radical (unpaired) electrons. The van der Waals surface area contributed by atoms with Gasteiger partial charge in [0.25, 0.3) is 5.91 Å². The Balaban J connectivity index is 1.30. The van der Waals surface area contributed by atoms with Gasteiger partial charge < -0.3 is 15.0 Å². The average molecular weight is 498 g/mol. The zero-order valence-corrected chi connectivity index (χ0v) is 20.0. The van der Waals surface area contributed by atoms with E-state index in [-0.39, 0.29) is 24.1 Å². The molecule has 3 aromatic rings. The Kier molecular flexibility index (Phi) is 7.88. The molecule has 1 aliphatic rings. The molecule has 2 aromatic carbocycles. The van der Waals surface area contributed by atoms with Crippen LogP contribution in [0.1, 0.15) is 16.8 Å². The molecule has 0 saturated carbocycles. The number of hydrogen-bond donors (Lipinski definition) is 2. The Morgan fingerprint density at radius 1 is 1.12 bits per heavy atom. The number of carbonyl (C=O) groups excluding carboxylic acids is 3. The van der Waals surface area contributed by atoms with Gasteiger partial charge in [0.2, 0.25) is 16.9 Å². The molecule has 2 heterocycles. The zero-order valence-electron chi connectivity index (χ0n) is 18.4. The summed E-state index contributed by atoms with van der Waals surface area (Å²) in [6, 6.07) is 15.9. The minimum Gasteiger partial charge on any atom is -0.384 e. The van der Waals surface area contributed by atoms with E-state index in [9.17, 15) is 14.4 Å². The summed E-state index contributed by atoms with van der Waals surface area (Å²) in [4.78, 5) is 39.2. The van der Waals surface area contributed by atoms with Crippen molar-refractivity contribution in [2.45, 2.75) is 10.8 Å². The average Bonchev–Trinajstić information content (AvgIpc) is 3.46. The number of para-hydroxylation sites is 1. The van der Waals surface area contributed by atoms with Gasteiger partial charge in [0.05, 0.1) is 12.5 Å². The number of benzene rings is 2. The van der Waals surface area contributed by atoms with Gasteiger partial charge >= 0.3 is 0 Å². The molecule has 34 heavy (non-hydrogen) atoms. The molecule has 2 N–H and O–H groups in total. The third-order valence-electron chi connectivity index (χ3n) is 5.12. The van der Waals surface area contributed by atoms with Gasteiger partial charge in [-0.05, 0) is 36.4 Å². The fourth-order valence-corrected chi connectivity index (χ4v) is 5.11. The summed E-state index contributed by atoms with van der Waals surface area (Å²) in [5.74, 6) is -0.302. The normalized spacial score (nSPS) is 15.4. The SMILES string of the molecule is COCCSc1nnc(NC(=O)c2ccc(NC(=O)C3CC(=O)N(c4ccccc4)C3)cc2)s1. The maximum atomic E-state index is 12.7. The number of carbonyl (C=O) groups is 3. The molecular weight excluding hydrogens is 474 g/mol. The first-order chi connectivity index (χ1) is 16.5. The van der Waals surface area contributed by atoms with E-state index in [0.717, 1.165) is 15.8 Å². The Morgan fingerprint density at radius 2 is 1.88 bits per heavy atom. The van der Waals surface area contributed by atoms with Crippen LogP contribution < -0.4 is 15.5 Å². The first kappa shape index (κ1) is 23.9. The number of methoxy groups -OCH3 is 1. The van der Waals surface area contributed by atoms with Crippen molar-refractivity contribution in [3.8, 4) is 0 Å². The van der Waals surface area contributed by atoms with Crippen molar-refractivity contribution in [1.82, 2.24) is 10.2 Å². The first-order valence-corrected chi connectivity index (χ1v) is 12.4. The molecule has 11 heteroatoms. The molecule has 4 rings (SSSR count). The summed E-state index contributed by atoms with van der Waals surface area (Å²) >= 11 is 2.81. The van der Waals surface area contributed by atoms with E-state index in [1.54, 1.807) is 36.3 Å². The minimum absolute atomic E-state index is 0.0738. The number of amides is 3. The van der Waals surface area contributed by atoms with E-state index in [2.05, 4.69) is 20.8 Å². The predicted octanol–water partition coefficient (Wildman–Crippen LogP) is 3.52. The van der Waals surface area contributed by atoms with E-state index in [1.165, 1.54) is 23.1 Å². The Morgan fingerprint density at radius 3 is 2.62 bits per heavy atom. The highest BCUT2D eigenvalue weighted by Gasteiger charge is 2.35. The molecule has 3 amide bonds. The Bertz CT molecular complexity index is 1150. The van der Waals surface area contributed by atoms with Crippen LogP contribution in [0.5, 0.6) is 0 Å². The van der Waals surface area contributed by atoms with Crippen molar-refractivity contribution < 1.29 is 19.1 Å². The number of thioether (sulfide) groups is 1. The smallest absolute Gasteiger partial charge is 0.257 e. The van der Waals surface area contributed by atoms with Crippen molar-refractivity contribution in [2.24, 2.45) is 5.92 Å². The highest BCUT2D eigenvalue weighted by molar-refractivity contribution is 8.01. The summed E-state index contributed by atoms with van der Waals surface area (Å²) in [5, 5.41) is 14.0. The number of ether oxygens (including phenoxy) is 1. The quantitative estimate of drug-likeness (QED) is 0.264. The molecule has 176 valence electrons. The fourth-order valence-electron chi connectivity index (χ4n) is 3.39. The molecule has 1 saturated heterocycles. The van der Waals surface area contributed by atoms with Crippen molar-refractivity contribution in [3.63, 3.8) is 0 Å². The van der Waals surface area contributed by atoms with Crippen molar-refractivity contribution in [3.05, 3.63) is 60.2 Å². The third-order valence-corrected chi connectivity index (χ3v) is 7.05.